The third kappa shape index (κ3) is 7.21. The van der Waals surface area contributed by atoms with Crippen LogP contribution in [0.15, 0.2) is 72.8 Å². The molecule has 0 saturated carbocycles. The Morgan fingerprint density at radius 3 is 2.14 bits per heavy atom. The van der Waals surface area contributed by atoms with Gasteiger partial charge in [-0.3, -0.25) is 19.6 Å². The highest BCUT2D eigenvalue weighted by Crippen LogP contribution is 2.22. The molecule has 0 heterocycles. The van der Waals surface area contributed by atoms with Gasteiger partial charge in [-0.15, -0.1) is 0 Å². The summed E-state index contributed by atoms with van der Waals surface area (Å²) in [5.74, 6) is -1.40. The molecule has 35 heavy (non-hydrogen) atoms. The highest BCUT2D eigenvalue weighted by molar-refractivity contribution is 5.98. The largest absolute Gasteiger partial charge is 0.339 e. The van der Waals surface area contributed by atoms with Gasteiger partial charge in [0.1, 0.15) is 6.04 Å². The van der Waals surface area contributed by atoms with Crippen LogP contribution in [0.4, 0.5) is 5.69 Å². The van der Waals surface area contributed by atoms with Crippen molar-refractivity contribution in [2.75, 3.05) is 18.4 Å². The van der Waals surface area contributed by atoms with E-state index in [0.29, 0.717) is 17.8 Å². The average molecular weight is 476 g/mol. The number of anilines is 1. The van der Waals surface area contributed by atoms with Crippen LogP contribution in [0, 0.1) is 6.92 Å². The number of hydroxylamine groups is 1. The highest BCUT2D eigenvalue weighted by Gasteiger charge is 2.19. The van der Waals surface area contributed by atoms with Gasteiger partial charge in [-0.2, -0.15) is 0 Å². The summed E-state index contributed by atoms with van der Waals surface area (Å²) in [5, 5.41) is 17.2. The molecule has 3 amide bonds. The second-order valence-electron chi connectivity index (χ2n) is 7.97. The molecular weight excluding hydrogens is 446 g/mol. The zero-order chi connectivity index (χ0) is 25.2. The molecule has 1 atom stereocenters. The predicted molar refractivity (Wildman–Crippen MR) is 134 cm³/mol. The molecule has 3 aromatic carbocycles. The van der Waals surface area contributed by atoms with Gasteiger partial charge in [0, 0.05) is 24.3 Å². The fourth-order valence-electron chi connectivity index (χ4n) is 3.44. The molecule has 0 aliphatic heterocycles. The zero-order valence-electron chi connectivity index (χ0n) is 19.4. The first kappa shape index (κ1) is 25.6. The Morgan fingerprint density at radius 2 is 1.54 bits per heavy atom. The number of amides is 3. The van der Waals surface area contributed by atoms with E-state index in [-0.39, 0.29) is 19.0 Å². The molecule has 9 nitrogen and oxygen atoms in total. The summed E-state index contributed by atoms with van der Waals surface area (Å²) in [5.41, 5.74) is 12.1. The van der Waals surface area contributed by atoms with Crippen LogP contribution in [-0.2, 0) is 16.1 Å². The monoisotopic (exact) mass is 475 g/mol. The number of rotatable bonds is 10. The Morgan fingerprint density at radius 1 is 0.914 bits per heavy atom. The SMILES string of the molecule is Cc1ccccc1CNCC(=O)Nc1ccc(-c2ccc(C(=O)N[C@@H](CN)C(=O)NO)cc2)cc1. The van der Waals surface area contributed by atoms with Crippen molar-refractivity contribution < 1.29 is 19.6 Å². The van der Waals surface area contributed by atoms with Gasteiger partial charge in [0.05, 0.1) is 6.54 Å². The Balaban J connectivity index is 1.52. The van der Waals surface area contributed by atoms with Gasteiger partial charge < -0.3 is 21.7 Å². The molecule has 0 aliphatic carbocycles. The van der Waals surface area contributed by atoms with E-state index in [1.165, 1.54) is 11.0 Å². The van der Waals surface area contributed by atoms with Crippen LogP contribution in [0.25, 0.3) is 11.1 Å². The van der Waals surface area contributed by atoms with E-state index < -0.39 is 17.9 Å². The average Bonchev–Trinajstić information content (AvgIpc) is 2.88. The van der Waals surface area contributed by atoms with Crippen LogP contribution in [-0.4, -0.2) is 42.1 Å². The van der Waals surface area contributed by atoms with Crippen molar-refractivity contribution in [3.63, 3.8) is 0 Å². The van der Waals surface area contributed by atoms with Crippen molar-refractivity contribution in [1.29, 1.82) is 0 Å². The van der Waals surface area contributed by atoms with E-state index in [4.69, 9.17) is 10.9 Å². The summed E-state index contributed by atoms with van der Waals surface area (Å²) < 4.78 is 0. The maximum absolute atomic E-state index is 12.3. The molecule has 3 aromatic rings. The first-order valence-electron chi connectivity index (χ1n) is 11.1. The normalized spacial score (nSPS) is 11.4. The second kappa shape index (κ2) is 12.4. The standard InChI is InChI=1S/C26H29N5O4/c1-17-4-2-3-5-21(17)15-28-16-24(32)29-22-12-10-19(11-13-22)18-6-8-20(9-7-18)25(33)30-23(14-27)26(34)31-35/h2-13,23,28,35H,14-16,27H2,1H3,(H,29,32)(H,30,33)(H,31,34)/t23-/m0/s1. The molecule has 3 rings (SSSR count). The summed E-state index contributed by atoms with van der Waals surface area (Å²) in [6, 6.07) is 21.2. The summed E-state index contributed by atoms with van der Waals surface area (Å²) in [6.07, 6.45) is 0. The van der Waals surface area contributed by atoms with Gasteiger partial charge >= 0.3 is 0 Å². The maximum atomic E-state index is 12.3. The molecule has 182 valence electrons. The molecule has 0 saturated heterocycles. The van der Waals surface area contributed by atoms with Crippen molar-refractivity contribution in [1.82, 2.24) is 16.1 Å². The fraction of sp³-hybridized carbons (Fsp3) is 0.192. The van der Waals surface area contributed by atoms with Crippen molar-refractivity contribution in [2.45, 2.75) is 19.5 Å². The number of carbonyl (C=O) groups excluding carboxylic acids is 3. The van der Waals surface area contributed by atoms with E-state index in [0.717, 1.165) is 16.7 Å². The number of carbonyl (C=O) groups is 3. The third-order valence-corrected chi connectivity index (χ3v) is 5.48. The minimum atomic E-state index is -1.03. The molecule has 7 N–H and O–H groups in total. The summed E-state index contributed by atoms with van der Waals surface area (Å²) in [4.78, 5) is 36.1. The van der Waals surface area contributed by atoms with Gasteiger partial charge in [-0.25, -0.2) is 5.48 Å². The van der Waals surface area contributed by atoms with E-state index >= 15 is 0 Å². The van der Waals surface area contributed by atoms with Crippen LogP contribution in [0.2, 0.25) is 0 Å². The molecular formula is C26H29N5O4. The number of aryl methyl sites for hydroxylation is 1. The van der Waals surface area contributed by atoms with Gasteiger partial charge in [-0.05, 0) is 53.4 Å². The lowest BCUT2D eigenvalue weighted by Gasteiger charge is -2.14. The highest BCUT2D eigenvalue weighted by atomic mass is 16.5. The molecule has 0 radical (unpaired) electrons. The van der Waals surface area contributed by atoms with Crippen molar-refractivity contribution in [3.05, 3.63) is 89.5 Å². The third-order valence-electron chi connectivity index (χ3n) is 5.48. The molecule has 9 heteroatoms. The van der Waals surface area contributed by atoms with Crippen LogP contribution in [0.5, 0.6) is 0 Å². The topological polar surface area (TPSA) is 146 Å². The quantitative estimate of drug-likeness (QED) is 0.195. The number of nitrogens with two attached hydrogens (primary N) is 1. The smallest absolute Gasteiger partial charge is 0.267 e. The number of nitrogens with one attached hydrogen (secondary N) is 4. The first-order valence-corrected chi connectivity index (χ1v) is 11.1. The minimum Gasteiger partial charge on any atom is -0.339 e. The van der Waals surface area contributed by atoms with Crippen LogP contribution < -0.4 is 27.2 Å². The van der Waals surface area contributed by atoms with Crippen molar-refractivity contribution in [3.8, 4) is 11.1 Å². The van der Waals surface area contributed by atoms with Crippen LogP contribution in [0.3, 0.4) is 0 Å². The van der Waals surface area contributed by atoms with Gasteiger partial charge in [0.15, 0.2) is 0 Å². The first-order chi connectivity index (χ1) is 16.9. The number of hydrogen-bond acceptors (Lipinski definition) is 6. The molecule has 0 spiro atoms. The van der Waals surface area contributed by atoms with Gasteiger partial charge in [-0.1, -0.05) is 48.5 Å². The van der Waals surface area contributed by atoms with Crippen molar-refractivity contribution >= 4 is 23.4 Å². The van der Waals surface area contributed by atoms with Crippen molar-refractivity contribution in [2.24, 2.45) is 5.73 Å². The van der Waals surface area contributed by atoms with Gasteiger partial charge in [0.2, 0.25) is 5.91 Å². The minimum absolute atomic E-state index is 0.132. The van der Waals surface area contributed by atoms with E-state index in [9.17, 15) is 14.4 Å². The Kier molecular flexibility index (Phi) is 9.08. The molecule has 0 aliphatic rings. The fourth-order valence-corrected chi connectivity index (χ4v) is 3.44. The van der Waals surface area contributed by atoms with E-state index in [2.05, 4.69) is 16.0 Å². The van der Waals surface area contributed by atoms with Gasteiger partial charge in [0.25, 0.3) is 11.8 Å². The number of benzene rings is 3. The molecule has 0 aromatic heterocycles. The summed E-state index contributed by atoms with van der Waals surface area (Å²) >= 11 is 0. The summed E-state index contributed by atoms with van der Waals surface area (Å²) in [6.45, 7) is 2.71. The van der Waals surface area contributed by atoms with E-state index in [1.54, 1.807) is 24.3 Å². The Hall–Kier alpha value is -4.05. The Bertz CT molecular complexity index is 1160. The lowest BCUT2D eigenvalue weighted by atomic mass is 10.0. The summed E-state index contributed by atoms with van der Waals surface area (Å²) in [7, 11) is 0. The lowest BCUT2D eigenvalue weighted by Crippen LogP contribution is -2.50. The molecule has 0 fully saturated rings. The van der Waals surface area contributed by atoms with Crippen LogP contribution >= 0.6 is 0 Å². The lowest BCUT2D eigenvalue weighted by molar-refractivity contribution is -0.130. The van der Waals surface area contributed by atoms with Crippen LogP contribution in [0.1, 0.15) is 21.5 Å². The number of hydrogen-bond donors (Lipinski definition) is 6. The Labute approximate surface area is 203 Å². The molecule has 0 unspecified atom stereocenters. The molecule has 0 bridgehead atoms. The maximum Gasteiger partial charge on any atom is 0.267 e. The second-order valence-corrected chi connectivity index (χ2v) is 7.97. The predicted octanol–water partition coefficient (Wildman–Crippen LogP) is 1.95. The zero-order valence-corrected chi connectivity index (χ0v) is 19.4. The van der Waals surface area contributed by atoms with E-state index in [1.807, 2.05) is 55.5 Å².